The van der Waals surface area contributed by atoms with Gasteiger partial charge in [0.25, 0.3) is 0 Å². The quantitative estimate of drug-likeness (QED) is 0.812. The van der Waals surface area contributed by atoms with Crippen LogP contribution in [-0.4, -0.2) is 29.4 Å². The van der Waals surface area contributed by atoms with Gasteiger partial charge >= 0.3 is 0 Å². The molecule has 0 bridgehead atoms. The average Bonchev–Trinajstić information content (AvgIpc) is 2.41. The molecule has 1 unspecified atom stereocenters. The highest BCUT2D eigenvalue weighted by Gasteiger charge is 2.07. The summed E-state index contributed by atoms with van der Waals surface area (Å²) < 4.78 is 0. The number of thioether (sulfide) groups is 1. The maximum absolute atomic E-state index is 11.7. The Bertz CT molecular complexity index is 446. The number of carbonyl (C=O) groups excluding carboxylic acids is 2. The number of hydrogen-bond donors (Lipinski definition) is 2. The number of hydrogen-bond acceptors (Lipinski definition) is 3. The summed E-state index contributed by atoms with van der Waals surface area (Å²) in [6, 6.07) is 7.82. The smallest absolute Gasteiger partial charge is 0.234 e. The molecule has 20 heavy (non-hydrogen) atoms. The van der Waals surface area contributed by atoms with E-state index < -0.39 is 0 Å². The average molecular weight is 294 g/mol. The Labute approximate surface area is 124 Å². The lowest BCUT2D eigenvalue weighted by Gasteiger charge is -2.11. The monoisotopic (exact) mass is 294 g/mol. The van der Waals surface area contributed by atoms with Crippen molar-refractivity contribution < 1.29 is 9.59 Å². The summed E-state index contributed by atoms with van der Waals surface area (Å²) in [4.78, 5) is 23.2. The summed E-state index contributed by atoms with van der Waals surface area (Å²) >= 11 is 1.32. The van der Waals surface area contributed by atoms with Gasteiger partial charge in [0.15, 0.2) is 0 Å². The standard InChI is InChI=1S/C15H22N2O2S/c1-4-12(3)16-14(18)9-20-10-15(19)17-13-7-5-11(2)6-8-13/h5-8,12H,4,9-10H2,1-3H3,(H,16,18)(H,17,19). The van der Waals surface area contributed by atoms with Crippen LogP contribution in [-0.2, 0) is 9.59 Å². The number of anilines is 1. The van der Waals surface area contributed by atoms with E-state index in [1.807, 2.05) is 45.0 Å². The van der Waals surface area contributed by atoms with Crippen LogP contribution in [0.5, 0.6) is 0 Å². The first-order valence-electron chi connectivity index (χ1n) is 6.75. The number of benzene rings is 1. The van der Waals surface area contributed by atoms with E-state index in [-0.39, 0.29) is 23.6 Å². The molecule has 5 heteroatoms. The first-order chi connectivity index (χ1) is 9.51. The number of nitrogens with one attached hydrogen (secondary N) is 2. The van der Waals surface area contributed by atoms with Crippen molar-refractivity contribution >= 4 is 29.3 Å². The zero-order chi connectivity index (χ0) is 15.0. The molecule has 1 aromatic carbocycles. The second-order valence-electron chi connectivity index (χ2n) is 4.78. The fourth-order valence-corrected chi connectivity index (χ4v) is 2.12. The molecule has 0 aliphatic rings. The lowest BCUT2D eigenvalue weighted by molar-refractivity contribution is -0.119. The Morgan fingerprint density at radius 1 is 1.15 bits per heavy atom. The maximum atomic E-state index is 11.7. The van der Waals surface area contributed by atoms with Gasteiger partial charge in [0.05, 0.1) is 11.5 Å². The van der Waals surface area contributed by atoms with E-state index in [1.54, 1.807) is 0 Å². The Morgan fingerprint density at radius 2 is 1.75 bits per heavy atom. The highest BCUT2D eigenvalue weighted by atomic mass is 32.2. The summed E-state index contributed by atoms with van der Waals surface area (Å²) in [5.74, 6) is 0.482. The van der Waals surface area contributed by atoms with Crippen molar-refractivity contribution in [2.24, 2.45) is 0 Å². The van der Waals surface area contributed by atoms with Gasteiger partial charge in [0.2, 0.25) is 11.8 Å². The Balaban J connectivity index is 2.23. The summed E-state index contributed by atoms with van der Waals surface area (Å²) in [6.07, 6.45) is 0.907. The topological polar surface area (TPSA) is 58.2 Å². The molecule has 0 aromatic heterocycles. The minimum atomic E-state index is -0.0878. The van der Waals surface area contributed by atoms with Crippen LogP contribution in [0.25, 0.3) is 0 Å². The molecule has 110 valence electrons. The second kappa shape index (κ2) is 8.64. The first-order valence-corrected chi connectivity index (χ1v) is 7.90. The third kappa shape index (κ3) is 6.61. The van der Waals surface area contributed by atoms with Gasteiger partial charge in [-0.25, -0.2) is 0 Å². The van der Waals surface area contributed by atoms with Crippen molar-refractivity contribution in [1.82, 2.24) is 5.32 Å². The van der Waals surface area contributed by atoms with Crippen LogP contribution in [0.4, 0.5) is 5.69 Å². The van der Waals surface area contributed by atoms with Crippen molar-refractivity contribution in [2.45, 2.75) is 33.2 Å². The summed E-state index contributed by atoms with van der Waals surface area (Å²) in [7, 11) is 0. The van der Waals surface area contributed by atoms with Gasteiger partial charge < -0.3 is 10.6 Å². The predicted octanol–water partition coefficient (Wildman–Crippen LogP) is 2.58. The molecule has 0 aliphatic heterocycles. The minimum absolute atomic E-state index is 0.0208. The first kappa shape index (κ1) is 16.6. The third-order valence-electron chi connectivity index (χ3n) is 2.82. The van der Waals surface area contributed by atoms with Crippen LogP contribution in [0.2, 0.25) is 0 Å². The molecular formula is C15H22N2O2S. The third-order valence-corrected chi connectivity index (χ3v) is 3.75. The van der Waals surface area contributed by atoms with Crippen molar-refractivity contribution in [1.29, 1.82) is 0 Å². The van der Waals surface area contributed by atoms with Gasteiger partial charge in [-0.3, -0.25) is 9.59 Å². The van der Waals surface area contributed by atoms with Gasteiger partial charge in [-0.15, -0.1) is 11.8 Å². The lowest BCUT2D eigenvalue weighted by atomic mass is 10.2. The molecule has 0 spiro atoms. The van der Waals surface area contributed by atoms with Crippen LogP contribution in [0.1, 0.15) is 25.8 Å². The summed E-state index contributed by atoms with van der Waals surface area (Å²) in [5, 5.41) is 5.67. The number of carbonyl (C=O) groups is 2. The fraction of sp³-hybridized carbons (Fsp3) is 0.467. The van der Waals surface area contributed by atoms with Gasteiger partial charge in [-0.2, -0.15) is 0 Å². The molecular weight excluding hydrogens is 272 g/mol. The zero-order valence-corrected chi connectivity index (χ0v) is 13.0. The van der Waals surface area contributed by atoms with Crippen molar-refractivity contribution in [3.05, 3.63) is 29.8 Å². The Morgan fingerprint density at radius 3 is 2.35 bits per heavy atom. The number of rotatable bonds is 7. The maximum Gasteiger partial charge on any atom is 0.234 e. The normalized spacial score (nSPS) is 11.8. The van der Waals surface area contributed by atoms with E-state index in [9.17, 15) is 9.59 Å². The highest BCUT2D eigenvalue weighted by molar-refractivity contribution is 8.00. The highest BCUT2D eigenvalue weighted by Crippen LogP contribution is 2.09. The van der Waals surface area contributed by atoms with Crippen LogP contribution in [0.3, 0.4) is 0 Å². The van der Waals surface area contributed by atoms with E-state index in [2.05, 4.69) is 10.6 Å². The Kier molecular flexibility index (Phi) is 7.15. The Hall–Kier alpha value is -1.49. The number of aryl methyl sites for hydroxylation is 1. The second-order valence-corrected chi connectivity index (χ2v) is 5.77. The van der Waals surface area contributed by atoms with Crippen molar-refractivity contribution in [3.8, 4) is 0 Å². The molecule has 0 fully saturated rings. The molecule has 2 amide bonds. The molecule has 0 radical (unpaired) electrons. The minimum Gasteiger partial charge on any atom is -0.353 e. The summed E-state index contributed by atoms with van der Waals surface area (Å²) in [5.41, 5.74) is 1.93. The van der Waals surface area contributed by atoms with E-state index in [0.717, 1.165) is 17.7 Å². The van der Waals surface area contributed by atoms with Gasteiger partial charge in [-0.05, 0) is 32.4 Å². The number of amides is 2. The van der Waals surface area contributed by atoms with Gasteiger partial charge in [0.1, 0.15) is 0 Å². The van der Waals surface area contributed by atoms with Crippen LogP contribution in [0.15, 0.2) is 24.3 Å². The molecule has 1 aromatic rings. The van der Waals surface area contributed by atoms with Crippen LogP contribution >= 0.6 is 11.8 Å². The van der Waals surface area contributed by atoms with Gasteiger partial charge in [-0.1, -0.05) is 24.6 Å². The SMILES string of the molecule is CCC(C)NC(=O)CSCC(=O)Nc1ccc(C)cc1. The van der Waals surface area contributed by atoms with E-state index >= 15 is 0 Å². The van der Waals surface area contributed by atoms with Crippen molar-refractivity contribution in [2.75, 3.05) is 16.8 Å². The van der Waals surface area contributed by atoms with E-state index in [4.69, 9.17) is 0 Å². The molecule has 0 saturated heterocycles. The van der Waals surface area contributed by atoms with Crippen LogP contribution in [0, 0.1) is 6.92 Å². The molecule has 0 aliphatic carbocycles. The molecule has 4 nitrogen and oxygen atoms in total. The van der Waals surface area contributed by atoms with E-state index in [1.165, 1.54) is 11.8 Å². The molecule has 2 N–H and O–H groups in total. The molecule has 0 saturated carbocycles. The lowest BCUT2D eigenvalue weighted by Crippen LogP contribution is -2.33. The molecule has 1 rings (SSSR count). The van der Waals surface area contributed by atoms with Gasteiger partial charge in [0, 0.05) is 11.7 Å². The molecule has 0 heterocycles. The fourth-order valence-electron chi connectivity index (χ4n) is 1.49. The van der Waals surface area contributed by atoms with E-state index in [0.29, 0.717) is 5.75 Å². The van der Waals surface area contributed by atoms with Crippen molar-refractivity contribution in [3.63, 3.8) is 0 Å². The summed E-state index contributed by atoms with van der Waals surface area (Å²) in [6.45, 7) is 5.98. The zero-order valence-electron chi connectivity index (χ0n) is 12.2. The predicted molar refractivity (Wildman–Crippen MR) is 85.0 cm³/mol. The van der Waals surface area contributed by atoms with Crippen LogP contribution < -0.4 is 10.6 Å². The molecule has 1 atom stereocenters. The largest absolute Gasteiger partial charge is 0.353 e.